The average molecular weight is 413 g/mol. The summed E-state index contributed by atoms with van der Waals surface area (Å²) >= 11 is 0. The van der Waals surface area contributed by atoms with Crippen LogP contribution in [-0.2, 0) is 10.0 Å². The van der Waals surface area contributed by atoms with Gasteiger partial charge in [0.15, 0.2) is 5.76 Å². The quantitative estimate of drug-likeness (QED) is 0.456. The van der Waals surface area contributed by atoms with Gasteiger partial charge in [0.2, 0.25) is 0 Å². The van der Waals surface area contributed by atoms with E-state index in [9.17, 15) is 13.2 Å². The molecule has 0 aliphatic heterocycles. The number of methoxy groups -OCH3 is 1. The summed E-state index contributed by atoms with van der Waals surface area (Å²) in [6.45, 7) is 1.70. The highest BCUT2D eigenvalue weighted by Crippen LogP contribution is 2.19. The Kier molecular flexibility index (Phi) is 5.99. The number of anilines is 1. The van der Waals surface area contributed by atoms with Crippen LogP contribution in [0.4, 0.5) is 5.69 Å². The molecule has 0 aliphatic rings. The Morgan fingerprint density at radius 2 is 1.72 bits per heavy atom. The van der Waals surface area contributed by atoms with E-state index in [-0.39, 0.29) is 10.7 Å². The van der Waals surface area contributed by atoms with Gasteiger partial charge < -0.3 is 9.15 Å². The van der Waals surface area contributed by atoms with Crippen molar-refractivity contribution >= 4 is 27.3 Å². The lowest BCUT2D eigenvalue weighted by Crippen LogP contribution is -2.18. The van der Waals surface area contributed by atoms with Gasteiger partial charge in [0.05, 0.1) is 24.0 Å². The molecule has 1 amide bonds. The van der Waals surface area contributed by atoms with Gasteiger partial charge >= 0.3 is 5.91 Å². The van der Waals surface area contributed by atoms with Gasteiger partial charge in [0.25, 0.3) is 10.0 Å². The van der Waals surface area contributed by atoms with E-state index in [0.717, 1.165) is 0 Å². The number of nitrogens with zero attached hydrogens (tertiary/aromatic N) is 1. The molecule has 1 heterocycles. The van der Waals surface area contributed by atoms with Crippen molar-refractivity contribution in [1.29, 1.82) is 0 Å². The van der Waals surface area contributed by atoms with Crippen molar-refractivity contribution in [2.45, 2.75) is 11.8 Å². The van der Waals surface area contributed by atoms with Crippen molar-refractivity contribution in [3.63, 3.8) is 0 Å². The van der Waals surface area contributed by atoms with Crippen molar-refractivity contribution in [2.24, 2.45) is 5.10 Å². The van der Waals surface area contributed by atoms with Crippen molar-refractivity contribution in [2.75, 3.05) is 11.8 Å². The molecule has 0 radical (unpaired) electrons. The summed E-state index contributed by atoms with van der Waals surface area (Å²) in [6.07, 6.45) is 1.39. The molecule has 0 fully saturated rings. The van der Waals surface area contributed by atoms with Crippen LogP contribution in [0.2, 0.25) is 0 Å². The molecule has 3 aromatic rings. The number of hydrogen-bond donors (Lipinski definition) is 2. The van der Waals surface area contributed by atoms with Crippen LogP contribution in [0.5, 0.6) is 5.75 Å². The van der Waals surface area contributed by atoms with E-state index in [1.54, 1.807) is 49.4 Å². The molecule has 2 aromatic carbocycles. The Bertz CT molecular complexity index is 1100. The van der Waals surface area contributed by atoms with E-state index in [1.807, 2.05) is 0 Å². The van der Waals surface area contributed by atoms with Crippen molar-refractivity contribution in [3.05, 3.63) is 78.3 Å². The molecule has 0 saturated carbocycles. The zero-order valence-corrected chi connectivity index (χ0v) is 16.6. The maximum atomic E-state index is 12.5. The number of hydrazone groups is 1. The van der Waals surface area contributed by atoms with Crippen molar-refractivity contribution in [1.82, 2.24) is 5.43 Å². The number of carbonyl (C=O) groups excluding carboxylic acids is 1. The lowest BCUT2D eigenvalue weighted by molar-refractivity contribution is 0.0927. The minimum Gasteiger partial charge on any atom is -0.497 e. The van der Waals surface area contributed by atoms with Crippen molar-refractivity contribution in [3.8, 4) is 5.75 Å². The second-order valence-corrected chi connectivity index (χ2v) is 7.66. The molecule has 1 aromatic heterocycles. The van der Waals surface area contributed by atoms with Gasteiger partial charge in [-0.1, -0.05) is 12.1 Å². The SMILES string of the molecule is COc1ccc(NS(=O)(=O)c2ccc(/C(C)=N\NC(=O)c3ccco3)cc2)cc1. The van der Waals surface area contributed by atoms with Gasteiger partial charge in [-0.25, -0.2) is 13.8 Å². The van der Waals surface area contributed by atoms with E-state index in [2.05, 4.69) is 15.2 Å². The number of sulfonamides is 1. The normalized spacial score (nSPS) is 11.7. The lowest BCUT2D eigenvalue weighted by Gasteiger charge is -2.09. The predicted octanol–water partition coefficient (Wildman–Crippen LogP) is 3.24. The summed E-state index contributed by atoms with van der Waals surface area (Å²) in [4.78, 5) is 11.9. The van der Waals surface area contributed by atoms with Crippen LogP contribution >= 0.6 is 0 Å². The number of amides is 1. The number of furan rings is 1. The lowest BCUT2D eigenvalue weighted by atomic mass is 10.1. The van der Waals surface area contributed by atoms with E-state index >= 15 is 0 Å². The van der Waals surface area contributed by atoms with Crippen LogP contribution in [-0.4, -0.2) is 27.1 Å². The molecule has 150 valence electrons. The number of ether oxygens (including phenoxy) is 1. The predicted molar refractivity (Wildman–Crippen MR) is 109 cm³/mol. The first-order chi connectivity index (χ1) is 13.9. The first-order valence-electron chi connectivity index (χ1n) is 8.54. The van der Waals surface area contributed by atoms with Gasteiger partial charge in [-0.2, -0.15) is 5.10 Å². The number of carbonyl (C=O) groups is 1. The number of nitrogens with one attached hydrogen (secondary N) is 2. The fourth-order valence-corrected chi connectivity index (χ4v) is 3.47. The maximum absolute atomic E-state index is 12.5. The van der Waals surface area contributed by atoms with Crippen LogP contribution in [0.1, 0.15) is 23.0 Å². The summed E-state index contributed by atoms with van der Waals surface area (Å²) in [5, 5.41) is 4.01. The average Bonchev–Trinajstić information content (AvgIpc) is 3.27. The molecule has 9 heteroatoms. The third-order valence-corrected chi connectivity index (χ3v) is 5.39. The summed E-state index contributed by atoms with van der Waals surface area (Å²) in [7, 11) is -2.21. The summed E-state index contributed by atoms with van der Waals surface area (Å²) in [5.41, 5.74) is 3.98. The summed E-state index contributed by atoms with van der Waals surface area (Å²) < 4.78 is 37.6. The molecule has 0 unspecified atom stereocenters. The molecule has 29 heavy (non-hydrogen) atoms. The Balaban J connectivity index is 1.69. The smallest absolute Gasteiger partial charge is 0.307 e. The molecule has 2 N–H and O–H groups in total. The van der Waals surface area contributed by atoms with E-state index in [4.69, 9.17) is 9.15 Å². The third-order valence-electron chi connectivity index (χ3n) is 3.99. The van der Waals surface area contributed by atoms with Gasteiger partial charge in [-0.05, 0) is 61.0 Å². The Labute approximate surface area is 168 Å². The molecule has 0 atom stereocenters. The number of hydrogen-bond acceptors (Lipinski definition) is 6. The molecule has 0 aliphatic carbocycles. The largest absolute Gasteiger partial charge is 0.497 e. The second-order valence-electron chi connectivity index (χ2n) is 5.97. The number of benzene rings is 2. The highest BCUT2D eigenvalue weighted by atomic mass is 32.2. The van der Waals surface area contributed by atoms with Crippen LogP contribution in [0, 0.1) is 0 Å². The third kappa shape index (κ3) is 5.02. The van der Waals surface area contributed by atoms with Crippen LogP contribution in [0.15, 0.2) is 81.3 Å². The Morgan fingerprint density at radius 1 is 1.03 bits per heavy atom. The molecule has 8 nitrogen and oxygen atoms in total. The van der Waals surface area contributed by atoms with Gasteiger partial charge in [0.1, 0.15) is 5.75 Å². The molecular weight excluding hydrogens is 394 g/mol. The van der Waals surface area contributed by atoms with Gasteiger partial charge in [-0.15, -0.1) is 0 Å². The topological polar surface area (TPSA) is 110 Å². The zero-order valence-electron chi connectivity index (χ0n) is 15.7. The monoisotopic (exact) mass is 413 g/mol. The Hall–Kier alpha value is -3.59. The zero-order chi connectivity index (χ0) is 20.9. The summed E-state index contributed by atoms with van der Waals surface area (Å²) in [6, 6.07) is 15.8. The molecular formula is C20H19N3O5S. The van der Waals surface area contributed by atoms with E-state index in [0.29, 0.717) is 22.7 Å². The standard InChI is InChI=1S/C20H19N3O5S/c1-14(21-22-20(24)19-4-3-13-28-19)15-5-11-18(12-6-15)29(25,26)23-16-7-9-17(27-2)10-8-16/h3-13,23H,1-2H3,(H,22,24)/b21-14-. The fourth-order valence-electron chi connectivity index (χ4n) is 2.41. The maximum Gasteiger partial charge on any atom is 0.307 e. The first-order valence-corrected chi connectivity index (χ1v) is 10.0. The van der Waals surface area contributed by atoms with Crippen LogP contribution in [0.25, 0.3) is 0 Å². The molecule has 0 saturated heterocycles. The van der Waals surface area contributed by atoms with Crippen molar-refractivity contribution < 1.29 is 22.4 Å². The van der Waals surface area contributed by atoms with E-state index in [1.165, 1.54) is 31.6 Å². The van der Waals surface area contributed by atoms with Gasteiger partial charge in [-0.3, -0.25) is 9.52 Å². The first kappa shape index (κ1) is 20.2. The van der Waals surface area contributed by atoms with Crippen LogP contribution in [0.3, 0.4) is 0 Å². The molecule has 0 bridgehead atoms. The van der Waals surface area contributed by atoms with Crippen LogP contribution < -0.4 is 14.9 Å². The minimum absolute atomic E-state index is 0.101. The second kappa shape index (κ2) is 8.61. The Morgan fingerprint density at radius 3 is 2.31 bits per heavy atom. The highest BCUT2D eigenvalue weighted by molar-refractivity contribution is 7.92. The number of rotatable bonds is 7. The highest BCUT2D eigenvalue weighted by Gasteiger charge is 2.14. The molecule has 3 rings (SSSR count). The fraction of sp³-hybridized carbons (Fsp3) is 0.100. The molecule has 0 spiro atoms. The summed E-state index contributed by atoms with van der Waals surface area (Å²) in [5.74, 6) is 0.302. The minimum atomic E-state index is -3.74. The van der Waals surface area contributed by atoms with E-state index < -0.39 is 15.9 Å². The van der Waals surface area contributed by atoms with Gasteiger partial charge in [0, 0.05) is 5.69 Å².